The molecule has 2 aromatic carbocycles. The lowest BCUT2D eigenvalue weighted by atomic mass is 10.1. The van der Waals surface area contributed by atoms with Crippen LogP contribution in [0.4, 0.5) is 5.69 Å². The molecule has 156 valence electrons. The lowest BCUT2D eigenvalue weighted by Crippen LogP contribution is -2.37. The molecule has 2 aromatic rings. The molecule has 0 saturated carbocycles. The van der Waals surface area contributed by atoms with E-state index in [0.29, 0.717) is 28.5 Å². The van der Waals surface area contributed by atoms with Crippen molar-refractivity contribution in [1.82, 2.24) is 4.90 Å². The van der Waals surface area contributed by atoms with Gasteiger partial charge in [0.15, 0.2) is 11.5 Å². The number of methoxy groups -OCH3 is 3. The minimum atomic E-state index is -0.671. The van der Waals surface area contributed by atoms with E-state index in [2.05, 4.69) is 10.2 Å². The van der Waals surface area contributed by atoms with Crippen molar-refractivity contribution in [1.29, 1.82) is 0 Å². The molecule has 0 aliphatic carbocycles. The molecule has 3 rings (SSSR count). The van der Waals surface area contributed by atoms with Crippen LogP contribution in [-0.4, -0.2) is 60.9 Å². The average molecular weight is 419 g/mol. The van der Waals surface area contributed by atoms with E-state index < -0.39 is 10.8 Å². The molecule has 0 bridgehead atoms. The van der Waals surface area contributed by atoms with Crippen LogP contribution in [0.25, 0.3) is 0 Å². The smallest absolute Gasteiger partial charge is 0.259 e. The third-order valence-corrected chi connectivity index (χ3v) is 6.11. The molecule has 1 aliphatic heterocycles. The molecule has 1 aliphatic rings. The third kappa shape index (κ3) is 5.07. The third-order valence-electron chi connectivity index (χ3n) is 4.84. The van der Waals surface area contributed by atoms with E-state index in [0.717, 1.165) is 36.7 Å². The van der Waals surface area contributed by atoms with Gasteiger partial charge in [0.1, 0.15) is 0 Å². The van der Waals surface area contributed by atoms with E-state index in [-0.39, 0.29) is 5.91 Å². The molecular formula is C21H26N2O5S. The number of rotatable bonds is 7. The van der Waals surface area contributed by atoms with Gasteiger partial charge >= 0.3 is 0 Å². The van der Waals surface area contributed by atoms with Crippen LogP contribution in [0.15, 0.2) is 36.4 Å². The SMILES string of the molecule is COc1ccc(C(=O)Nc2ccc(CN3CCS(=O)CC3)cc2)c(OC)c1OC. The molecule has 8 heteroatoms. The van der Waals surface area contributed by atoms with E-state index in [4.69, 9.17) is 14.2 Å². The molecule has 1 amide bonds. The lowest BCUT2D eigenvalue weighted by molar-refractivity contribution is 0.102. The Balaban J connectivity index is 1.69. The second-order valence-electron chi connectivity index (χ2n) is 6.66. The van der Waals surface area contributed by atoms with E-state index in [1.54, 1.807) is 12.1 Å². The molecule has 7 nitrogen and oxygen atoms in total. The minimum Gasteiger partial charge on any atom is -0.493 e. The second kappa shape index (κ2) is 9.76. The van der Waals surface area contributed by atoms with Crippen molar-refractivity contribution < 1.29 is 23.2 Å². The first kappa shape index (κ1) is 21.1. The van der Waals surface area contributed by atoms with Gasteiger partial charge in [-0.15, -0.1) is 0 Å². The second-order valence-corrected chi connectivity index (χ2v) is 8.35. The zero-order valence-electron chi connectivity index (χ0n) is 16.9. The summed E-state index contributed by atoms with van der Waals surface area (Å²) in [5.41, 5.74) is 2.20. The van der Waals surface area contributed by atoms with E-state index in [9.17, 15) is 9.00 Å². The van der Waals surface area contributed by atoms with Crippen LogP contribution in [0.2, 0.25) is 0 Å². The molecule has 1 N–H and O–H groups in total. The summed E-state index contributed by atoms with van der Waals surface area (Å²) in [4.78, 5) is 15.1. The lowest BCUT2D eigenvalue weighted by Gasteiger charge is -2.26. The van der Waals surface area contributed by atoms with Crippen LogP contribution in [0, 0.1) is 0 Å². The molecule has 1 saturated heterocycles. The van der Waals surface area contributed by atoms with Crippen molar-refractivity contribution in [3.63, 3.8) is 0 Å². The number of carbonyl (C=O) groups excluding carboxylic acids is 1. The van der Waals surface area contributed by atoms with Crippen molar-refractivity contribution in [2.45, 2.75) is 6.54 Å². The van der Waals surface area contributed by atoms with Gasteiger partial charge in [-0.2, -0.15) is 0 Å². The number of carbonyl (C=O) groups is 1. The van der Waals surface area contributed by atoms with Crippen LogP contribution in [0.3, 0.4) is 0 Å². The molecule has 1 heterocycles. The summed E-state index contributed by atoms with van der Waals surface area (Å²) in [6.45, 7) is 2.52. The normalized spacial score (nSPS) is 15.0. The summed E-state index contributed by atoms with van der Waals surface area (Å²) in [7, 11) is 3.84. The maximum atomic E-state index is 12.8. The predicted molar refractivity (Wildman–Crippen MR) is 114 cm³/mol. The van der Waals surface area contributed by atoms with Crippen molar-refractivity contribution in [2.75, 3.05) is 51.2 Å². The fourth-order valence-corrected chi connectivity index (χ4v) is 4.39. The molecule has 0 spiro atoms. The van der Waals surface area contributed by atoms with Gasteiger partial charge in [0.25, 0.3) is 5.91 Å². The summed E-state index contributed by atoms with van der Waals surface area (Å²) in [6, 6.07) is 11.1. The highest BCUT2D eigenvalue weighted by Crippen LogP contribution is 2.39. The Morgan fingerprint density at radius 1 is 0.966 bits per heavy atom. The van der Waals surface area contributed by atoms with Gasteiger partial charge in [0, 0.05) is 47.6 Å². The molecule has 0 unspecified atom stereocenters. The minimum absolute atomic E-state index is 0.297. The number of hydrogen-bond acceptors (Lipinski definition) is 6. The van der Waals surface area contributed by atoms with E-state index in [1.165, 1.54) is 21.3 Å². The molecule has 29 heavy (non-hydrogen) atoms. The number of hydrogen-bond donors (Lipinski definition) is 1. The van der Waals surface area contributed by atoms with Gasteiger partial charge in [0.05, 0.1) is 26.9 Å². The van der Waals surface area contributed by atoms with Gasteiger partial charge < -0.3 is 19.5 Å². The molecule has 1 fully saturated rings. The van der Waals surface area contributed by atoms with Gasteiger partial charge in [0.2, 0.25) is 5.75 Å². The first-order valence-electron chi connectivity index (χ1n) is 9.32. The van der Waals surface area contributed by atoms with Crippen molar-refractivity contribution in [3.8, 4) is 17.2 Å². The van der Waals surface area contributed by atoms with Crippen LogP contribution >= 0.6 is 0 Å². The summed E-state index contributed by atoms with van der Waals surface area (Å²) in [6.07, 6.45) is 0. The van der Waals surface area contributed by atoms with Crippen molar-refractivity contribution >= 4 is 22.4 Å². The maximum Gasteiger partial charge on any atom is 0.259 e. The Morgan fingerprint density at radius 3 is 2.21 bits per heavy atom. The number of nitrogens with zero attached hydrogens (tertiary/aromatic N) is 1. The van der Waals surface area contributed by atoms with Crippen LogP contribution in [0.1, 0.15) is 15.9 Å². The highest BCUT2D eigenvalue weighted by molar-refractivity contribution is 7.85. The average Bonchev–Trinajstić information content (AvgIpc) is 2.75. The van der Waals surface area contributed by atoms with Crippen molar-refractivity contribution in [2.24, 2.45) is 0 Å². The maximum absolute atomic E-state index is 12.8. The quantitative estimate of drug-likeness (QED) is 0.745. The number of anilines is 1. The van der Waals surface area contributed by atoms with Crippen molar-refractivity contribution in [3.05, 3.63) is 47.5 Å². The summed E-state index contributed by atoms with van der Waals surface area (Å²) in [5.74, 6) is 2.37. The number of ether oxygens (including phenoxy) is 3. The van der Waals surface area contributed by atoms with Crippen LogP contribution in [-0.2, 0) is 17.3 Å². The highest BCUT2D eigenvalue weighted by Gasteiger charge is 2.21. The predicted octanol–water partition coefficient (Wildman–Crippen LogP) is 2.53. The zero-order valence-corrected chi connectivity index (χ0v) is 17.7. The Morgan fingerprint density at radius 2 is 1.62 bits per heavy atom. The fourth-order valence-electron chi connectivity index (χ4n) is 3.26. The molecule has 0 atom stereocenters. The van der Waals surface area contributed by atoms with E-state index >= 15 is 0 Å². The van der Waals surface area contributed by atoms with Gasteiger partial charge in [-0.3, -0.25) is 13.9 Å². The number of benzene rings is 2. The Hall–Kier alpha value is -2.58. The Labute approximate surface area is 173 Å². The highest BCUT2D eigenvalue weighted by atomic mass is 32.2. The molecule has 0 radical (unpaired) electrons. The standard InChI is InChI=1S/C21H26N2O5S/c1-26-18-9-8-17(19(27-2)20(18)28-3)21(24)22-16-6-4-15(5-7-16)14-23-10-12-29(25)13-11-23/h4-9H,10-14H2,1-3H3,(H,22,24). The summed E-state index contributed by atoms with van der Waals surface area (Å²) in [5, 5.41) is 2.89. The number of nitrogens with one attached hydrogen (secondary N) is 1. The van der Waals surface area contributed by atoms with Gasteiger partial charge in [-0.05, 0) is 29.8 Å². The number of amides is 1. The Bertz CT molecular complexity index is 875. The van der Waals surface area contributed by atoms with Gasteiger partial charge in [-0.1, -0.05) is 12.1 Å². The van der Waals surface area contributed by atoms with E-state index in [1.807, 2.05) is 24.3 Å². The van der Waals surface area contributed by atoms with Gasteiger partial charge in [-0.25, -0.2) is 0 Å². The van der Waals surface area contributed by atoms with Crippen LogP contribution < -0.4 is 19.5 Å². The first-order valence-corrected chi connectivity index (χ1v) is 10.8. The topological polar surface area (TPSA) is 77.1 Å². The first-order chi connectivity index (χ1) is 14.0. The monoisotopic (exact) mass is 418 g/mol. The zero-order chi connectivity index (χ0) is 20.8. The van der Waals surface area contributed by atoms with Crippen LogP contribution in [0.5, 0.6) is 17.2 Å². The fraction of sp³-hybridized carbons (Fsp3) is 0.381. The Kier molecular flexibility index (Phi) is 7.11. The molecule has 0 aromatic heterocycles. The summed E-state index contributed by atoms with van der Waals surface area (Å²) < 4.78 is 27.5. The molecular weight excluding hydrogens is 392 g/mol. The summed E-state index contributed by atoms with van der Waals surface area (Å²) >= 11 is 0. The largest absolute Gasteiger partial charge is 0.493 e.